The standard InChI is InChI=1S/C9H18O5/c1-3-5-7(10)9(12)8(11)6(14-5)4-13-2/h5-12H,3-4H2,1-2H3/t5?,6-,7+,8-,9-/m1/s1. The van der Waals surface area contributed by atoms with Crippen LogP contribution >= 0.6 is 0 Å². The van der Waals surface area contributed by atoms with Gasteiger partial charge in [0.2, 0.25) is 0 Å². The maximum atomic E-state index is 9.54. The summed E-state index contributed by atoms with van der Waals surface area (Å²) in [6.07, 6.45) is -3.69. The second-order valence-corrected chi connectivity index (χ2v) is 3.55. The Morgan fingerprint density at radius 2 is 1.64 bits per heavy atom. The van der Waals surface area contributed by atoms with Crippen LogP contribution in [-0.4, -0.2) is 59.6 Å². The van der Waals surface area contributed by atoms with Gasteiger partial charge in [-0.3, -0.25) is 0 Å². The summed E-state index contributed by atoms with van der Waals surface area (Å²) in [5.74, 6) is 0. The van der Waals surface area contributed by atoms with E-state index < -0.39 is 30.5 Å². The summed E-state index contributed by atoms with van der Waals surface area (Å²) < 4.78 is 10.2. The van der Waals surface area contributed by atoms with Crippen LogP contribution in [0.4, 0.5) is 0 Å². The zero-order valence-electron chi connectivity index (χ0n) is 8.46. The van der Waals surface area contributed by atoms with E-state index in [1.807, 2.05) is 6.92 Å². The number of rotatable bonds is 3. The first-order valence-corrected chi connectivity index (χ1v) is 4.80. The molecule has 5 heteroatoms. The molecule has 0 amide bonds. The van der Waals surface area contributed by atoms with Gasteiger partial charge in [-0.15, -0.1) is 0 Å². The number of hydrogen-bond acceptors (Lipinski definition) is 5. The predicted octanol–water partition coefficient (Wildman–Crippen LogP) is -1.11. The first-order chi connectivity index (χ1) is 6.61. The van der Waals surface area contributed by atoms with Crippen LogP contribution in [0.15, 0.2) is 0 Å². The van der Waals surface area contributed by atoms with Crippen molar-refractivity contribution in [3.8, 4) is 0 Å². The topological polar surface area (TPSA) is 79.2 Å². The zero-order valence-corrected chi connectivity index (χ0v) is 8.46. The van der Waals surface area contributed by atoms with E-state index in [0.29, 0.717) is 6.42 Å². The molecule has 5 nitrogen and oxygen atoms in total. The molecule has 1 fully saturated rings. The minimum atomic E-state index is -1.16. The molecular formula is C9H18O5. The van der Waals surface area contributed by atoms with Crippen LogP contribution in [0, 0.1) is 0 Å². The summed E-state index contributed by atoms with van der Waals surface area (Å²) in [6.45, 7) is 2.06. The van der Waals surface area contributed by atoms with Crippen molar-refractivity contribution in [1.29, 1.82) is 0 Å². The van der Waals surface area contributed by atoms with Crippen molar-refractivity contribution in [2.75, 3.05) is 13.7 Å². The molecule has 1 aliphatic heterocycles. The lowest BCUT2D eigenvalue weighted by Gasteiger charge is -2.40. The van der Waals surface area contributed by atoms with Crippen molar-refractivity contribution >= 4 is 0 Å². The van der Waals surface area contributed by atoms with E-state index in [4.69, 9.17) is 9.47 Å². The van der Waals surface area contributed by atoms with Gasteiger partial charge < -0.3 is 24.8 Å². The molecule has 1 heterocycles. The van der Waals surface area contributed by atoms with E-state index in [1.165, 1.54) is 7.11 Å². The van der Waals surface area contributed by atoms with Gasteiger partial charge in [0.05, 0.1) is 12.7 Å². The second-order valence-electron chi connectivity index (χ2n) is 3.55. The Hall–Kier alpha value is -0.200. The van der Waals surface area contributed by atoms with Crippen LogP contribution in [-0.2, 0) is 9.47 Å². The van der Waals surface area contributed by atoms with Gasteiger partial charge in [0.1, 0.15) is 24.4 Å². The minimum Gasteiger partial charge on any atom is -0.388 e. The monoisotopic (exact) mass is 206 g/mol. The molecule has 0 spiro atoms. The lowest BCUT2D eigenvalue weighted by Crippen LogP contribution is -2.58. The van der Waals surface area contributed by atoms with Crippen LogP contribution in [0.3, 0.4) is 0 Å². The highest BCUT2D eigenvalue weighted by molar-refractivity contribution is 4.91. The molecule has 3 N–H and O–H groups in total. The lowest BCUT2D eigenvalue weighted by molar-refractivity contribution is -0.231. The molecule has 14 heavy (non-hydrogen) atoms. The van der Waals surface area contributed by atoms with E-state index >= 15 is 0 Å². The summed E-state index contributed by atoms with van der Waals surface area (Å²) in [4.78, 5) is 0. The van der Waals surface area contributed by atoms with Gasteiger partial charge in [0.25, 0.3) is 0 Å². The van der Waals surface area contributed by atoms with Gasteiger partial charge in [-0.25, -0.2) is 0 Å². The van der Waals surface area contributed by atoms with Gasteiger partial charge in [0, 0.05) is 7.11 Å². The van der Waals surface area contributed by atoms with Gasteiger partial charge in [0.15, 0.2) is 0 Å². The quantitative estimate of drug-likeness (QED) is 0.546. The summed E-state index contributed by atoms with van der Waals surface area (Å²) in [7, 11) is 1.49. The third-order valence-corrected chi connectivity index (χ3v) is 2.54. The minimum absolute atomic E-state index is 0.210. The van der Waals surface area contributed by atoms with Crippen LogP contribution in [0.5, 0.6) is 0 Å². The molecule has 0 radical (unpaired) electrons. The third-order valence-electron chi connectivity index (χ3n) is 2.54. The fourth-order valence-corrected chi connectivity index (χ4v) is 1.67. The molecule has 0 aliphatic carbocycles. The zero-order chi connectivity index (χ0) is 10.7. The molecule has 0 bridgehead atoms. The van der Waals surface area contributed by atoms with E-state index in [1.54, 1.807) is 0 Å². The first-order valence-electron chi connectivity index (χ1n) is 4.80. The number of aliphatic hydroxyl groups excluding tert-OH is 3. The Morgan fingerprint density at radius 1 is 1.07 bits per heavy atom. The smallest absolute Gasteiger partial charge is 0.111 e. The van der Waals surface area contributed by atoms with E-state index in [2.05, 4.69) is 0 Å². The van der Waals surface area contributed by atoms with Gasteiger partial charge >= 0.3 is 0 Å². The predicted molar refractivity (Wildman–Crippen MR) is 48.8 cm³/mol. The maximum Gasteiger partial charge on any atom is 0.111 e. The summed E-state index contributed by atoms with van der Waals surface area (Å²) >= 11 is 0. The van der Waals surface area contributed by atoms with Gasteiger partial charge in [-0.05, 0) is 6.42 Å². The SMILES string of the molecule is CCC1O[C@H](COC)[C@@H](O)[C@H](O)[C@H]1O. The molecule has 1 rings (SSSR count). The van der Waals surface area contributed by atoms with Crippen LogP contribution in [0.25, 0.3) is 0 Å². The van der Waals surface area contributed by atoms with E-state index in [-0.39, 0.29) is 6.61 Å². The van der Waals surface area contributed by atoms with Crippen molar-refractivity contribution in [2.24, 2.45) is 0 Å². The number of methoxy groups -OCH3 is 1. The lowest BCUT2D eigenvalue weighted by atomic mass is 9.94. The number of aliphatic hydroxyl groups is 3. The Labute approximate surface area is 83.3 Å². The molecule has 1 aliphatic rings. The van der Waals surface area contributed by atoms with Crippen LogP contribution < -0.4 is 0 Å². The summed E-state index contributed by atoms with van der Waals surface area (Å²) in [5.41, 5.74) is 0. The summed E-state index contributed by atoms with van der Waals surface area (Å²) in [5, 5.41) is 28.6. The van der Waals surface area contributed by atoms with E-state index in [9.17, 15) is 15.3 Å². The Kier molecular flexibility index (Phi) is 4.28. The third kappa shape index (κ3) is 2.24. The highest BCUT2D eigenvalue weighted by Gasteiger charge is 2.42. The molecule has 0 saturated carbocycles. The van der Waals surface area contributed by atoms with Crippen molar-refractivity contribution in [1.82, 2.24) is 0 Å². The van der Waals surface area contributed by atoms with Crippen LogP contribution in [0.2, 0.25) is 0 Å². The van der Waals surface area contributed by atoms with Crippen molar-refractivity contribution < 1.29 is 24.8 Å². The number of ether oxygens (including phenoxy) is 2. The second kappa shape index (κ2) is 5.04. The van der Waals surface area contributed by atoms with Crippen molar-refractivity contribution in [2.45, 2.75) is 43.9 Å². The highest BCUT2D eigenvalue weighted by atomic mass is 16.6. The molecule has 1 unspecified atom stereocenters. The van der Waals surface area contributed by atoms with Gasteiger partial charge in [-0.1, -0.05) is 6.92 Å². The molecule has 5 atom stereocenters. The Balaban J connectivity index is 2.63. The number of hydrogen-bond donors (Lipinski definition) is 3. The van der Waals surface area contributed by atoms with Crippen LogP contribution in [0.1, 0.15) is 13.3 Å². The molecule has 84 valence electrons. The Bertz CT molecular complexity index is 171. The molecule has 0 aromatic rings. The fraction of sp³-hybridized carbons (Fsp3) is 1.00. The molecule has 0 aromatic heterocycles. The molecule has 0 aromatic carbocycles. The first kappa shape index (κ1) is 11.9. The Morgan fingerprint density at radius 3 is 2.14 bits per heavy atom. The average Bonchev–Trinajstić information content (AvgIpc) is 2.19. The molecule has 1 saturated heterocycles. The largest absolute Gasteiger partial charge is 0.388 e. The van der Waals surface area contributed by atoms with E-state index in [0.717, 1.165) is 0 Å². The molecular weight excluding hydrogens is 188 g/mol. The average molecular weight is 206 g/mol. The van der Waals surface area contributed by atoms with Gasteiger partial charge in [-0.2, -0.15) is 0 Å². The fourth-order valence-electron chi connectivity index (χ4n) is 1.67. The maximum absolute atomic E-state index is 9.54. The highest BCUT2D eigenvalue weighted by Crippen LogP contribution is 2.23. The summed E-state index contributed by atoms with van der Waals surface area (Å²) in [6, 6.07) is 0. The van der Waals surface area contributed by atoms with Crippen molar-refractivity contribution in [3.05, 3.63) is 0 Å². The normalized spacial score (nSPS) is 43.9. The van der Waals surface area contributed by atoms with Crippen molar-refractivity contribution in [3.63, 3.8) is 0 Å².